The molecular formula is C18H21NO3S2. The zero-order chi connectivity index (χ0) is 17.7. The van der Waals surface area contributed by atoms with E-state index in [0.29, 0.717) is 39.8 Å². The number of carbonyl (C=O) groups is 1. The van der Waals surface area contributed by atoms with Gasteiger partial charge < -0.3 is 9.47 Å². The lowest BCUT2D eigenvalue weighted by molar-refractivity contribution is -0.122. The van der Waals surface area contributed by atoms with E-state index >= 15 is 0 Å². The number of amides is 1. The van der Waals surface area contributed by atoms with Gasteiger partial charge in [0, 0.05) is 6.54 Å². The zero-order valence-electron chi connectivity index (χ0n) is 14.1. The van der Waals surface area contributed by atoms with E-state index < -0.39 is 0 Å². The van der Waals surface area contributed by atoms with Gasteiger partial charge in [-0.1, -0.05) is 56.5 Å². The average molecular weight is 364 g/mol. The van der Waals surface area contributed by atoms with E-state index in [-0.39, 0.29) is 5.91 Å². The summed E-state index contributed by atoms with van der Waals surface area (Å²) < 4.78 is 11.5. The zero-order valence-corrected chi connectivity index (χ0v) is 15.7. The number of hydrogen-bond acceptors (Lipinski definition) is 5. The minimum absolute atomic E-state index is 0.0374. The Kier molecular flexibility index (Phi) is 6.45. The van der Waals surface area contributed by atoms with Crippen molar-refractivity contribution in [1.82, 2.24) is 4.90 Å². The van der Waals surface area contributed by atoms with Crippen molar-refractivity contribution in [2.75, 3.05) is 20.3 Å². The van der Waals surface area contributed by atoms with Crippen molar-refractivity contribution in [3.8, 4) is 11.5 Å². The summed E-state index contributed by atoms with van der Waals surface area (Å²) >= 11 is 6.65. The highest BCUT2D eigenvalue weighted by molar-refractivity contribution is 8.26. The molecule has 0 aromatic heterocycles. The van der Waals surface area contributed by atoms with Gasteiger partial charge in [-0.25, -0.2) is 0 Å². The van der Waals surface area contributed by atoms with E-state index in [1.165, 1.54) is 11.8 Å². The molecule has 0 radical (unpaired) electrons. The van der Waals surface area contributed by atoms with Gasteiger partial charge in [-0.15, -0.1) is 0 Å². The Hall–Kier alpha value is -1.79. The van der Waals surface area contributed by atoms with E-state index in [9.17, 15) is 4.79 Å². The number of hydrogen-bond donors (Lipinski definition) is 0. The number of methoxy groups -OCH3 is 1. The first-order valence-electron chi connectivity index (χ1n) is 7.63. The van der Waals surface area contributed by atoms with Crippen LogP contribution in [0.4, 0.5) is 0 Å². The average Bonchev–Trinajstić information content (AvgIpc) is 2.80. The lowest BCUT2D eigenvalue weighted by atomic mass is 10.1. The molecule has 1 aliphatic rings. The van der Waals surface area contributed by atoms with Crippen LogP contribution in [0.2, 0.25) is 0 Å². The fourth-order valence-electron chi connectivity index (χ4n) is 2.22. The Morgan fingerprint density at radius 3 is 2.75 bits per heavy atom. The van der Waals surface area contributed by atoms with Crippen LogP contribution in [-0.2, 0) is 4.79 Å². The van der Waals surface area contributed by atoms with Crippen LogP contribution < -0.4 is 9.47 Å². The first-order valence-corrected chi connectivity index (χ1v) is 8.85. The highest BCUT2D eigenvalue weighted by Gasteiger charge is 2.32. The van der Waals surface area contributed by atoms with Crippen LogP contribution in [0.15, 0.2) is 35.8 Å². The van der Waals surface area contributed by atoms with Crippen molar-refractivity contribution in [2.24, 2.45) is 5.92 Å². The van der Waals surface area contributed by atoms with Crippen molar-refractivity contribution < 1.29 is 14.3 Å². The number of carbonyl (C=O) groups excluding carboxylic acids is 1. The van der Waals surface area contributed by atoms with Crippen molar-refractivity contribution in [3.05, 3.63) is 41.3 Å². The molecule has 0 spiro atoms. The molecule has 24 heavy (non-hydrogen) atoms. The normalized spacial score (nSPS) is 16.2. The van der Waals surface area contributed by atoms with Gasteiger partial charge in [0.25, 0.3) is 5.91 Å². The Morgan fingerprint density at radius 1 is 1.38 bits per heavy atom. The second kappa shape index (κ2) is 8.35. The van der Waals surface area contributed by atoms with Crippen molar-refractivity contribution in [2.45, 2.75) is 13.8 Å². The quantitative estimate of drug-likeness (QED) is 0.414. The smallest absolute Gasteiger partial charge is 0.266 e. The van der Waals surface area contributed by atoms with Crippen molar-refractivity contribution in [1.29, 1.82) is 0 Å². The van der Waals surface area contributed by atoms with Gasteiger partial charge in [-0.2, -0.15) is 0 Å². The third-order valence-electron chi connectivity index (χ3n) is 3.26. The molecule has 1 aromatic rings. The Bertz CT molecular complexity index is 683. The second-order valence-corrected chi connectivity index (χ2v) is 7.37. The van der Waals surface area contributed by atoms with Gasteiger partial charge in [0.1, 0.15) is 10.9 Å². The molecule has 128 valence electrons. The Balaban J connectivity index is 2.23. The van der Waals surface area contributed by atoms with Gasteiger partial charge in [0.2, 0.25) is 0 Å². The summed E-state index contributed by atoms with van der Waals surface area (Å²) in [6, 6.07) is 5.55. The molecule has 4 nitrogen and oxygen atoms in total. The van der Waals surface area contributed by atoms with E-state index in [4.69, 9.17) is 21.7 Å². The van der Waals surface area contributed by atoms with Crippen LogP contribution in [-0.4, -0.2) is 35.4 Å². The molecule has 1 amide bonds. The molecular weight excluding hydrogens is 342 g/mol. The number of ether oxygens (including phenoxy) is 2. The molecule has 0 aliphatic carbocycles. The minimum Gasteiger partial charge on any atom is -0.493 e. The number of rotatable bonds is 7. The maximum atomic E-state index is 12.5. The maximum Gasteiger partial charge on any atom is 0.266 e. The molecule has 1 heterocycles. The molecule has 2 rings (SSSR count). The molecule has 1 fully saturated rings. The number of nitrogens with zero attached hydrogens (tertiary/aromatic N) is 1. The summed E-state index contributed by atoms with van der Waals surface area (Å²) in [4.78, 5) is 14.8. The van der Waals surface area contributed by atoms with Crippen LogP contribution in [0.3, 0.4) is 0 Å². The van der Waals surface area contributed by atoms with Gasteiger partial charge in [0.15, 0.2) is 11.5 Å². The number of thiocarbonyl (C=S) groups is 1. The van der Waals surface area contributed by atoms with Crippen LogP contribution in [0.25, 0.3) is 6.08 Å². The third-order valence-corrected chi connectivity index (χ3v) is 4.64. The summed E-state index contributed by atoms with van der Waals surface area (Å²) in [5, 5.41) is 0. The van der Waals surface area contributed by atoms with Gasteiger partial charge >= 0.3 is 0 Å². The van der Waals surface area contributed by atoms with Crippen LogP contribution in [0.1, 0.15) is 19.4 Å². The fraction of sp³-hybridized carbons (Fsp3) is 0.333. The number of thioether (sulfide) groups is 1. The van der Waals surface area contributed by atoms with E-state index in [1.54, 1.807) is 18.1 Å². The maximum absolute atomic E-state index is 12.5. The minimum atomic E-state index is -0.0374. The highest BCUT2D eigenvalue weighted by Crippen LogP contribution is 2.35. The highest BCUT2D eigenvalue weighted by atomic mass is 32.2. The first-order chi connectivity index (χ1) is 11.5. The predicted molar refractivity (Wildman–Crippen MR) is 103 cm³/mol. The largest absolute Gasteiger partial charge is 0.493 e. The molecule has 1 aromatic carbocycles. The summed E-state index contributed by atoms with van der Waals surface area (Å²) in [7, 11) is 1.59. The summed E-state index contributed by atoms with van der Waals surface area (Å²) in [5.74, 6) is 1.59. The standard InChI is InChI=1S/C18H21NO3S2/c1-5-8-22-14-7-6-13(9-15(14)21-4)10-16-17(20)19(11-12(2)3)18(23)24-16/h5-7,9-10,12H,1,8,11H2,2-4H3/b16-10-. The van der Waals surface area contributed by atoms with Crippen LogP contribution >= 0.6 is 24.0 Å². The molecule has 1 aliphatic heterocycles. The van der Waals surface area contributed by atoms with Crippen LogP contribution in [0, 0.1) is 5.92 Å². The van der Waals surface area contributed by atoms with E-state index in [0.717, 1.165) is 5.56 Å². The molecule has 0 saturated carbocycles. The topological polar surface area (TPSA) is 38.8 Å². The van der Waals surface area contributed by atoms with Crippen molar-refractivity contribution in [3.63, 3.8) is 0 Å². The number of benzene rings is 1. The predicted octanol–water partition coefficient (Wildman–Crippen LogP) is 4.12. The SMILES string of the molecule is C=CCOc1ccc(/C=C2\SC(=S)N(CC(C)C)C2=O)cc1OC. The van der Waals surface area contributed by atoms with E-state index in [2.05, 4.69) is 20.4 Å². The third kappa shape index (κ3) is 4.39. The van der Waals surface area contributed by atoms with E-state index in [1.807, 2.05) is 24.3 Å². The van der Waals surface area contributed by atoms with Gasteiger partial charge in [-0.05, 0) is 29.7 Å². The van der Waals surface area contributed by atoms with Crippen LogP contribution in [0.5, 0.6) is 11.5 Å². The monoisotopic (exact) mass is 363 g/mol. The molecule has 1 saturated heterocycles. The Labute approximate surface area is 152 Å². The van der Waals surface area contributed by atoms with Gasteiger partial charge in [0.05, 0.1) is 12.0 Å². The molecule has 0 unspecified atom stereocenters. The van der Waals surface area contributed by atoms with Crippen molar-refractivity contribution >= 4 is 40.3 Å². The molecule has 0 atom stereocenters. The Morgan fingerprint density at radius 2 is 2.12 bits per heavy atom. The lowest BCUT2D eigenvalue weighted by Crippen LogP contribution is -2.31. The lowest BCUT2D eigenvalue weighted by Gasteiger charge is -2.16. The van der Waals surface area contributed by atoms with Gasteiger partial charge in [-0.3, -0.25) is 9.69 Å². The molecule has 6 heteroatoms. The fourth-order valence-corrected chi connectivity index (χ4v) is 3.49. The first kappa shape index (κ1) is 18.5. The second-order valence-electron chi connectivity index (χ2n) is 5.70. The molecule has 0 bridgehead atoms. The summed E-state index contributed by atoms with van der Waals surface area (Å²) in [6.07, 6.45) is 3.51. The summed E-state index contributed by atoms with van der Waals surface area (Å²) in [6.45, 7) is 8.80. The molecule has 0 N–H and O–H groups in total. The summed E-state index contributed by atoms with van der Waals surface area (Å²) in [5.41, 5.74) is 0.864.